The summed E-state index contributed by atoms with van der Waals surface area (Å²) in [5, 5.41) is 12.1. The summed E-state index contributed by atoms with van der Waals surface area (Å²) in [5.74, 6) is 0. The van der Waals surface area contributed by atoms with Crippen molar-refractivity contribution in [3.05, 3.63) is 83.9 Å². The number of benzene rings is 3. The van der Waals surface area contributed by atoms with E-state index in [1.807, 2.05) is 0 Å². The fourth-order valence-corrected chi connectivity index (χ4v) is 4.44. The molecule has 0 saturated heterocycles. The zero-order valence-electron chi connectivity index (χ0n) is 18.3. The van der Waals surface area contributed by atoms with Crippen LogP contribution in [0.25, 0.3) is 16.3 Å². The molecule has 0 N–H and O–H groups in total. The van der Waals surface area contributed by atoms with E-state index in [0.717, 1.165) is 23.9 Å². The van der Waals surface area contributed by atoms with Crippen LogP contribution >= 0.6 is 0 Å². The van der Waals surface area contributed by atoms with Gasteiger partial charge in [-0.25, -0.2) is 0 Å². The number of nitrogens with zero attached hydrogens (tertiary/aromatic N) is 3. The molecule has 0 bridgehead atoms. The van der Waals surface area contributed by atoms with E-state index in [9.17, 15) is 0 Å². The van der Waals surface area contributed by atoms with Crippen LogP contribution in [0.3, 0.4) is 0 Å². The number of unbranched alkanes of at least 4 members (excludes halogenated alkanes) is 2. The molecule has 1 atom stereocenters. The molecule has 0 fully saturated rings. The molecule has 154 valence electrons. The Morgan fingerprint density at radius 1 is 0.900 bits per heavy atom. The second kappa shape index (κ2) is 8.93. The van der Waals surface area contributed by atoms with Crippen LogP contribution in [0, 0.1) is 0 Å². The molecule has 0 heterocycles. The second-order valence-electron chi connectivity index (χ2n) is 8.35. The minimum Gasteiger partial charge on any atom is -0.280 e. The van der Waals surface area contributed by atoms with Crippen LogP contribution in [0.2, 0.25) is 0 Å². The number of rotatable bonds is 7. The molecule has 4 rings (SSSR count). The van der Waals surface area contributed by atoms with Crippen molar-refractivity contribution in [2.75, 3.05) is 14.1 Å². The molecule has 3 nitrogen and oxygen atoms in total. The Kier molecular flexibility index (Phi) is 6.10. The Labute approximate surface area is 180 Å². The third kappa shape index (κ3) is 3.82. The van der Waals surface area contributed by atoms with Gasteiger partial charge in [-0.2, -0.15) is 10.2 Å². The first-order valence-electron chi connectivity index (χ1n) is 11.0. The van der Waals surface area contributed by atoms with Crippen LogP contribution in [0.5, 0.6) is 0 Å². The van der Waals surface area contributed by atoms with Gasteiger partial charge in [0.2, 0.25) is 0 Å². The van der Waals surface area contributed by atoms with Gasteiger partial charge in [0.25, 0.3) is 0 Å². The lowest BCUT2D eigenvalue weighted by Gasteiger charge is -2.39. The SMILES string of the molecule is CCCCCC1=CCC(N=Nc2cccc3ccccc23)(N(C)C)c2ccccc21. The highest BCUT2D eigenvalue weighted by Crippen LogP contribution is 2.44. The summed E-state index contributed by atoms with van der Waals surface area (Å²) in [7, 11) is 4.21. The quantitative estimate of drug-likeness (QED) is 0.296. The van der Waals surface area contributed by atoms with E-state index in [2.05, 4.69) is 98.7 Å². The van der Waals surface area contributed by atoms with Crippen molar-refractivity contribution in [2.45, 2.75) is 44.7 Å². The Morgan fingerprint density at radius 2 is 1.67 bits per heavy atom. The molecule has 0 radical (unpaired) electrons. The fourth-order valence-electron chi connectivity index (χ4n) is 4.44. The number of azo groups is 1. The maximum Gasteiger partial charge on any atom is 0.163 e. The molecule has 0 saturated carbocycles. The first kappa shape index (κ1) is 20.5. The molecule has 30 heavy (non-hydrogen) atoms. The Balaban J connectivity index is 1.75. The number of allylic oxidation sites excluding steroid dienone is 1. The third-order valence-electron chi connectivity index (χ3n) is 6.22. The average molecular weight is 398 g/mol. The van der Waals surface area contributed by atoms with Crippen LogP contribution in [-0.2, 0) is 5.66 Å². The lowest BCUT2D eigenvalue weighted by atomic mass is 9.81. The van der Waals surface area contributed by atoms with Gasteiger partial charge in [-0.3, -0.25) is 4.90 Å². The van der Waals surface area contributed by atoms with E-state index < -0.39 is 5.66 Å². The lowest BCUT2D eigenvalue weighted by molar-refractivity contribution is 0.153. The normalized spacial score (nSPS) is 18.7. The van der Waals surface area contributed by atoms with Crippen molar-refractivity contribution in [1.29, 1.82) is 0 Å². The predicted octanol–water partition coefficient (Wildman–Crippen LogP) is 7.71. The smallest absolute Gasteiger partial charge is 0.163 e. The zero-order chi connectivity index (χ0) is 21.0. The molecular formula is C27H31N3. The van der Waals surface area contributed by atoms with Gasteiger partial charge in [0.15, 0.2) is 5.66 Å². The van der Waals surface area contributed by atoms with E-state index in [1.165, 1.54) is 41.3 Å². The van der Waals surface area contributed by atoms with Crippen LogP contribution in [-0.4, -0.2) is 19.0 Å². The van der Waals surface area contributed by atoms with Crippen LogP contribution in [0.4, 0.5) is 5.69 Å². The van der Waals surface area contributed by atoms with Crippen molar-refractivity contribution < 1.29 is 0 Å². The molecule has 0 aliphatic heterocycles. The van der Waals surface area contributed by atoms with Crippen molar-refractivity contribution in [2.24, 2.45) is 10.2 Å². The minimum atomic E-state index is -0.484. The monoisotopic (exact) mass is 397 g/mol. The molecule has 1 unspecified atom stereocenters. The average Bonchev–Trinajstić information content (AvgIpc) is 2.78. The van der Waals surface area contributed by atoms with Crippen LogP contribution < -0.4 is 0 Å². The summed E-state index contributed by atoms with van der Waals surface area (Å²) in [6, 6.07) is 23.3. The summed E-state index contributed by atoms with van der Waals surface area (Å²) in [5.41, 5.74) is 4.47. The van der Waals surface area contributed by atoms with Crippen molar-refractivity contribution in [1.82, 2.24) is 4.90 Å². The summed E-state index contributed by atoms with van der Waals surface area (Å²) >= 11 is 0. The largest absolute Gasteiger partial charge is 0.280 e. The molecule has 0 amide bonds. The lowest BCUT2D eigenvalue weighted by Crippen LogP contribution is -2.41. The summed E-state index contributed by atoms with van der Waals surface area (Å²) in [4.78, 5) is 2.21. The van der Waals surface area contributed by atoms with Gasteiger partial charge in [0.05, 0.1) is 5.69 Å². The van der Waals surface area contributed by atoms with Crippen molar-refractivity contribution in [3.8, 4) is 0 Å². The van der Waals surface area contributed by atoms with Crippen molar-refractivity contribution in [3.63, 3.8) is 0 Å². The molecule has 3 aromatic carbocycles. The molecule has 0 aromatic heterocycles. The summed E-state index contributed by atoms with van der Waals surface area (Å²) in [6.45, 7) is 2.26. The first-order valence-corrected chi connectivity index (χ1v) is 11.0. The Hall–Kier alpha value is -2.78. The summed E-state index contributed by atoms with van der Waals surface area (Å²) < 4.78 is 0. The van der Waals surface area contributed by atoms with Gasteiger partial charge in [-0.05, 0) is 49.5 Å². The third-order valence-corrected chi connectivity index (χ3v) is 6.22. The molecule has 3 heteroatoms. The highest BCUT2D eigenvalue weighted by atomic mass is 15.3. The fraction of sp³-hybridized carbons (Fsp3) is 0.333. The van der Waals surface area contributed by atoms with Crippen LogP contribution in [0.15, 0.2) is 83.0 Å². The Morgan fingerprint density at radius 3 is 2.50 bits per heavy atom. The number of hydrogen-bond donors (Lipinski definition) is 0. The minimum absolute atomic E-state index is 0.484. The van der Waals surface area contributed by atoms with Gasteiger partial charge < -0.3 is 0 Å². The van der Waals surface area contributed by atoms with Gasteiger partial charge in [-0.1, -0.05) is 86.5 Å². The molecule has 0 spiro atoms. The van der Waals surface area contributed by atoms with Gasteiger partial charge in [0, 0.05) is 17.4 Å². The first-order chi connectivity index (χ1) is 14.7. The second-order valence-corrected chi connectivity index (χ2v) is 8.35. The standard InChI is InChI=1S/C27H31N3/c1-4-5-6-12-22-19-20-27(30(2)3,25-17-10-9-15-23(22)25)29-28-26-18-11-14-21-13-7-8-16-24(21)26/h7-11,13-19H,4-6,12,20H2,1-3H3. The van der Waals surface area contributed by atoms with E-state index >= 15 is 0 Å². The topological polar surface area (TPSA) is 28.0 Å². The van der Waals surface area contributed by atoms with E-state index in [0.29, 0.717) is 0 Å². The Bertz CT molecular complexity index is 1070. The van der Waals surface area contributed by atoms with Gasteiger partial charge >= 0.3 is 0 Å². The van der Waals surface area contributed by atoms with Gasteiger partial charge in [-0.15, -0.1) is 0 Å². The maximum absolute atomic E-state index is 5.01. The van der Waals surface area contributed by atoms with Crippen molar-refractivity contribution >= 4 is 22.0 Å². The number of fused-ring (bicyclic) bond motifs is 2. The van der Waals surface area contributed by atoms with Crippen LogP contribution in [0.1, 0.15) is 50.2 Å². The molecule has 1 aliphatic carbocycles. The molecular weight excluding hydrogens is 366 g/mol. The van der Waals surface area contributed by atoms with E-state index in [4.69, 9.17) is 10.2 Å². The predicted molar refractivity (Wildman–Crippen MR) is 127 cm³/mol. The maximum atomic E-state index is 5.01. The molecule has 3 aromatic rings. The van der Waals surface area contributed by atoms with E-state index in [-0.39, 0.29) is 0 Å². The molecule has 1 aliphatic rings. The number of hydrogen-bond acceptors (Lipinski definition) is 3. The van der Waals surface area contributed by atoms with E-state index in [1.54, 1.807) is 0 Å². The highest BCUT2D eigenvalue weighted by molar-refractivity contribution is 5.92. The zero-order valence-corrected chi connectivity index (χ0v) is 18.3. The summed E-state index contributed by atoms with van der Waals surface area (Å²) in [6.07, 6.45) is 8.12. The highest BCUT2D eigenvalue weighted by Gasteiger charge is 2.39. The van der Waals surface area contributed by atoms with Gasteiger partial charge in [0.1, 0.15) is 0 Å².